The summed E-state index contributed by atoms with van der Waals surface area (Å²) in [5.74, 6) is 1.63. The van der Waals surface area contributed by atoms with Gasteiger partial charge in [-0.05, 0) is 106 Å². The van der Waals surface area contributed by atoms with Crippen LogP contribution in [0.4, 0.5) is 14.9 Å². The van der Waals surface area contributed by atoms with Crippen molar-refractivity contribution >= 4 is 17.6 Å². The minimum absolute atomic E-state index is 0.108. The number of rotatable bonds is 7. The number of aliphatic imine (C=N–C) groups is 1. The lowest BCUT2D eigenvalue weighted by molar-refractivity contribution is 0.123. The summed E-state index contributed by atoms with van der Waals surface area (Å²) in [6, 6.07) is 25.6. The Morgan fingerprint density at radius 3 is 2.50 bits per heavy atom. The molecular formula is C37H43FN4O2. The van der Waals surface area contributed by atoms with Crippen molar-refractivity contribution in [1.82, 2.24) is 10.2 Å². The van der Waals surface area contributed by atoms with Gasteiger partial charge in [-0.1, -0.05) is 48.5 Å². The Morgan fingerprint density at radius 1 is 0.977 bits per heavy atom. The molecule has 7 heteroatoms. The zero-order valence-electron chi connectivity index (χ0n) is 26.0. The summed E-state index contributed by atoms with van der Waals surface area (Å²) >= 11 is 0. The van der Waals surface area contributed by atoms with Gasteiger partial charge in [-0.3, -0.25) is 20.1 Å². The Morgan fingerprint density at radius 2 is 1.77 bits per heavy atom. The summed E-state index contributed by atoms with van der Waals surface area (Å²) in [4.78, 5) is 23.6. The fourth-order valence-electron chi connectivity index (χ4n) is 8.05. The third-order valence-corrected chi connectivity index (χ3v) is 10.3. The van der Waals surface area contributed by atoms with Crippen molar-refractivity contribution in [2.75, 3.05) is 11.4 Å². The summed E-state index contributed by atoms with van der Waals surface area (Å²) in [5.41, 5.74) is 2.84. The average molecular weight is 595 g/mol. The molecule has 3 aromatic rings. The number of benzene rings is 3. The highest BCUT2D eigenvalue weighted by Crippen LogP contribution is 2.62. The lowest BCUT2D eigenvalue weighted by Crippen LogP contribution is -2.59. The molecule has 2 spiro atoms. The van der Waals surface area contributed by atoms with E-state index in [1.807, 2.05) is 26.0 Å². The molecule has 230 valence electrons. The molecule has 6 nitrogen and oxygen atoms in total. The molecular weight excluding hydrogens is 551 g/mol. The normalized spacial score (nSPS) is 28.8. The summed E-state index contributed by atoms with van der Waals surface area (Å²) in [6.07, 6.45) is 6.27. The average Bonchev–Trinajstić information content (AvgIpc) is 3.57. The van der Waals surface area contributed by atoms with E-state index < -0.39 is 5.54 Å². The maximum absolute atomic E-state index is 14.5. The van der Waals surface area contributed by atoms with Crippen LogP contribution in [0.15, 0.2) is 83.9 Å². The van der Waals surface area contributed by atoms with Gasteiger partial charge in [-0.15, -0.1) is 0 Å². The van der Waals surface area contributed by atoms with Crippen molar-refractivity contribution in [3.05, 3.63) is 95.8 Å². The highest BCUT2D eigenvalue weighted by atomic mass is 19.1. The van der Waals surface area contributed by atoms with E-state index in [1.54, 1.807) is 11.0 Å². The van der Waals surface area contributed by atoms with Gasteiger partial charge in [0.15, 0.2) is 0 Å². The second-order valence-corrected chi connectivity index (χ2v) is 13.8. The first kappa shape index (κ1) is 29.0. The van der Waals surface area contributed by atoms with Crippen LogP contribution in [0.1, 0.15) is 76.3 Å². The third-order valence-electron chi connectivity index (χ3n) is 10.3. The predicted molar refractivity (Wildman–Crippen MR) is 173 cm³/mol. The maximum atomic E-state index is 14.5. The number of amides is 2. The molecule has 0 bridgehead atoms. The third kappa shape index (κ3) is 5.51. The van der Waals surface area contributed by atoms with Gasteiger partial charge in [0.2, 0.25) is 0 Å². The van der Waals surface area contributed by atoms with Crippen molar-refractivity contribution in [3.63, 3.8) is 0 Å². The number of urea groups is 1. The molecule has 0 aromatic heterocycles. The Hall–Kier alpha value is -3.71. The number of nitrogens with one attached hydrogen (secondary N) is 1. The van der Waals surface area contributed by atoms with Gasteiger partial charge in [-0.2, -0.15) is 0 Å². The Labute approximate surface area is 260 Å². The van der Waals surface area contributed by atoms with Crippen LogP contribution in [-0.4, -0.2) is 47.0 Å². The van der Waals surface area contributed by atoms with Crippen molar-refractivity contribution in [3.8, 4) is 5.75 Å². The van der Waals surface area contributed by atoms with Crippen LogP contribution < -0.4 is 15.0 Å². The number of hydrogen-bond acceptors (Lipinski definition) is 4. The van der Waals surface area contributed by atoms with Gasteiger partial charge >= 0.3 is 6.03 Å². The molecule has 1 N–H and O–H groups in total. The van der Waals surface area contributed by atoms with Gasteiger partial charge in [0.05, 0.1) is 12.1 Å². The monoisotopic (exact) mass is 594 g/mol. The molecule has 2 aliphatic carbocycles. The lowest BCUT2D eigenvalue weighted by atomic mass is 9.81. The Kier molecular flexibility index (Phi) is 7.48. The maximum Gasteiger partial charge on any atom is 0.328 e. The van der Waals surface area contributed by atoms with Crippen molar-refractivity contribution in [2.24, 2.45) is 10.4 Å². The minimum Gasteiger partial charge on any atom is -0.491 e. The van der Waals surface area contributed by atoms with E-state index in [0.29, 0.717) is 29.9 Å². The number of carbonyl (C=O) groups excluding carboxylic acids is 1. The van der Waals surface area contributed by atoms with Gasteiger partial charge in [-0.25, -0.2) is 9.18 Å². The molecule has 2 saturated heterocycles. The summed E-state index contributed by atoms with van der Waals surface area (Å²) < 4.78 is 20.5. The molecule has 4 atom stereocenters. The van der Waals surface area contributed by atoms with Crippen LogP contribution >= 0.6 is 0 Å². The SMILES string of the molecule is CC(C)Oc1cccc(CN2CCC3(C[C@@H]2C)C(=N[C@H]2CC4(CC4)C[C@@H]2c2ccccc2)NC(=O)N3c2cccc(F)c2)c1. The van der Waals surface area contributed by atoms with E-state index in [2.05, 4.69) is 65.7 Å². The Balaban J connectivity index is 1.21. The van der Waals surface area contributed by atoms with Gasteiger partial charge < -0.3 is 4.74 Å². The van der Waals surface area contributed by atoms with Crippen molar-refractivity contribution < 1.29 is 13.9 Å². The van der Waals surface area contributed by atoms with Crippen LogP contribution in [0.5, 0.6) is 5.75 Å². The van der Waals surface area contributed by atoms with Crippen LogP contribution in [0, 0.1) is 11.2 Å². The number of carbonyl (C=O) groups is 1. The quantitative estimate of drug-likeness (QED) is 0.305. The first-order valence-electron chi connectivity index (χ1n) is 16.2. The first-order chi connectivity index (χ1) is 21.2. The minimum atomic E-state index is -0.663. The van der Waals surface area contributed by atoms with Crippen molar-refractivity contribution in [1.29, 1.82) is 0 Å². The van der Waals surface area contributed by atoms with Crippen LogP contribution in [0.2, 0.25) is 0 Å². The second-order valence-electron chi connectivity index (χ2n) is 13.8. The number of anilines is 1. The van der Waals surface area contributed by atoms with Crippen molar-refractivity contribution in [2.45, 2.75) is 95.5 Å². The summed E-state index contributed by atoms with van der Waals surface area (Å²) in [7, 11) is 0. The Bertz CT molecular complexity index is 1550. The molecule has 2 saturated carbocycles. The van der Waals surface area contributed by atoms with Gasteiger partial charge in [0, 0.05) is 30.7 Å². The zero-order valence-corrected chi connectivity index (χ0v) is 26.0. The van der Waals surface area contributed by atoms with E-state index >= 15 is 0 Å². The molecule has 2 amide bonds. The van der Waals surface area contributed by atoms with Gasteiger partial charge in [0.1, 0.15) is 22.9 Å². The summed E-state index contributed by atoms with van der Waals surface area (Å²) in [6.45, 7) is 7.89. The van der Waals surface area contributed by atoms with E-state index in [4.69, 9.17) is 9.73 Å². The number of piperidine rings is 1. The molecule has 44 heavy (non-hydrogen) atoms. The molecule has 0 radical (unpaired) electrons. The number of amidine groups is 1. The number of nitrogens with zero attached hydrogens (tertiary/aromatic N) is 3. The van der Waals surface area contributed by atoms with E-state index in [0.717, 1.165) is 37.5 Å². The van der Waals surface area contributed by atoms with Crippen LogP contribution in [0.3, 0.4) is 0 Å². The van der Waals surface area contributed by atoms with Gasteiger partial charge in [0.25, 0.3) is 0 Å². The highest BCUT2D eigenvalue weighted by molar-refractivity contribution is 6.19. The molecule has 2 heterocycles. The zero-order chi connectivity index (χ0) is 30.5. The molecule has 1 unspecified atom stereocenters. The molecule has 7 rings (SSSR count). The van der Waals surface area contributed by atoms with E-state index in [1.165, 1.54) is 36.1 Å². The topological polar surface area (TPSA) is 57.2 Å². The molecule has 2 aliphatic heterocycles. The number of hydrogen-bond donors (Lipinski definition) is 1. The first-order valence-corrected chi connectivity index (χ1v) is 16.2. The predicted octanol–water partition coefficient (Wildman–Crippen LogP) is 7.69. The largest absolute Gasteiger partial charge is 0.491 e. The number of likely N-dealkylation sites (tertiary alicyclic amines) is 1. The standard InChI is InChI=1S/C37H43FN4O2/c1-25(2)44-31-14-7-9-27(19-31)24-41-18-17-37(21-26(41)3)34(40-35(43)42(37)30-13-8-12-29(38)20-30)39-33-23-36(15-16-36)22-32(33)28-10-5-4-6-11-28/h4-14,19-20,25-26,32-33H,15-18,21-24H2,1-3H3,(H,39,40,43)/t26-,32+,33-,37?/m0/s1. The number of halogens is 1. The smallest absolute Gasteiger partial charge is 0.328 e. The van der Waals surface area contributed by atoms with E-state index in [-0.39, 0.29) is 30.0 Å². The fraction of sp³-hybridized carbons (Fsp3) is 0.459. The molecule has 3 aromatic carbocycles. The summed E-state index contributed by atoms with van der Waals surface area (Å²) in [5, 5.41) is 3.22. The molecule has 4 aliphatic rings. The van der Waals surface area contributed by atoms with Crippen LogP contribution in [-0.2, 0) is 6.54 Å². The number of ether oxygens (including phenoxy) is 1. The lowest BCUT2D eigenvalue weighted by Gasteiger charge is -2.47. The fourth-order valence-corrected chi connectivity index (χ4v) is 8.05. The highest BCUT2D eigenvalue weighted by Gasteiger charge is 2.57. The molecule has 4 fully saturated rings. The second kappa shape index (κ2) is 11.3. The van der Waals surface area contributed by atoms with E-state index in [9.17, 15) is 9.18 Å². The van der Waals surface area contributed by atoms with Crippen LogP contribution in [0.25, 0.3) is 0 Å².